The monoisotopic (exact) mass is 347 g/mol. The number of rotatable bonds is 8. The van der Waals surface area contributed by atoms with Crippen LogP contribution < -0.4 is 10.7 Å². The lowest BCUT2D eigenvalue weighted by atomic mass is 10.0. The Balaban J connectivity index is 2.71. The van der Waals surface area contributed by atoms with Gasteiger partial charge in [-0.25, -0.2) is 5.43 Å². The Bertz CT molecular complexity index is 638. The summed E-state index contributed by atoms with van der Waals surface area (Å²) in [5.74, 6) is -1.32. The number of esters is 1. The van der Waals surface area contributed by atoms with Gasteiger partial charge in [0.1, 0.15) is 0 Å². The molecule has 0 aliphatic heterocycles. The van der Waals surface area contributed by atoms with E-state index in [1.54, 1.807) is 45.0 Å². The highest BCUT2D eigenvalue weighted by atomic mass is 16.5. The summed E-state index contributed by atoms with van der Waals surface area (Å²) in [6.07, 6.45) is 0.922. The van der Waals surface area contributed by atoms with Crippen molar-refractivity contribution < 1.29 is 19.1 Å². The molecule has 25 heavy (non-hydrogen) atoms. The van der Waals surface area contributed by atoms with Gasteiger partial charge in [0, 0.05) is 23.4 Å². The lowest BCUT2D eigenvalue weighted by Crippen LogP contribution is -2.27. The summed E-state index contributed by atoms with van der Waals surface area (Å²) in [7, 11) is 0. The molecule has 0 aliphatic carbocycles. The van der Waals surface area contributed by atoms with Gasteiger partial charge < -0.3 is 10.1 Å². The Hall–Kier alpha value is -2.70. The van der Waals surface area contributed by atoms with Gasteiger partial charge in [-0.2, -0.15) is 5.10 Å². The molecule has 0 bridgehead atoms. The maximum absolute atomic E-state index is 12.1. The zero-order valence-corrected chi connectivity index (χ0v) is 15.1. The van der Waals surface area contributed by atoms with Crippen molar-refractivity contribution in [3.63, 3.8) is 0 Å². The first-order valence-electron chi connectivity index (χ1n) is 8.33. The van der Waals surface area contributed by atoms with Crippen LogP contribution in [0.4, 0.5) is 5.69 Å². The van der Waals surface area contributed by atoms with E-state index in [-0.39, 0.29) is 11.9 Å². The molecule has 1 aromatic carbocycles. The number of benzene rings is 1. The molecule has 2 N–H and O–H groups in total. The first-order valence-corrected chi connectivity index (χ1v) is 8.33. The van der Waals surface area contributed by atoms with E-state index in [1.165, 1.54) is 0 Å². The van der Waals surface area contributed by atoms with Crippen LogP contribution in [0.25, 0.3) is 0 Å². The van der Waals surface area contributed by atoms with Gasteiger partial charge in [0.15, 0.2) is 0 Å². The molecule has 1 rings (SSSR count). The Morgan fingerprint density at radius 1 is 1.12 bits per heavy atom. The fourth-order valence-corrected chi connectivity index (χ4v) is 2.11. The van der Waals surface area contributed by atoms with Crippen LogP contribution in [0.15, 0.2) is 29.4 Å². The third kappa shape index (κ3) is 6.37. The van der Waals surface area contributed by atoms with Crippen LogP contribution in [0.5, 0.6) is 0 Å². The molecule has 0 fully saturated rings. The fourth-order valence-electron chi connectivity index (χ4n) is 2.11. The van der Waals surface area contributed by atoms with Crippen molar-refractivity contribution in [3.05, 3.63) is 29.8 Å². The predicted molar refractivity (Wildman–Crippen MR) is 96.4 cm³/mol. The minimum absolute atomic E-state index is 0.0954. The summed E-state index contributed by atoms with van der Waals surface area (Å²) in [6, 6.07) is 6.47. The third-order valence-electron chi connectivity index (χ3n) is 3.57. The Morgan fingerprint density at radius 3 is 2.28 bits per heavy atom. The molecule has 0 saturated heterocycles. The van der Waals surface area contributed by atoms with Gasteiger partial charge in [0.05, 0.1) is 12.5 Å². The second-order valence-corrected chi connectivity index (χ2v) is 5.39. The van der Waals surface area contributed by atoms with Gasteiger partial charge in [0.25, 0.3) is 5.91 Å². The molecule has 7 heteroatoms. The van der Waals surface area contributed by atoms with Crippen molar-refractivity contribution in [1.82, 2.24) is 5.43 Å². The summed E-state index contributed by atoms with van der Waals surface area (Å²) in [4.78, 5) is 35.3. The second-order valence-electron chi connectivity index (χ2n) is 5.39. The van der Waals surface area contributed by atoms with Crippen molar-refractivity contribution in [3.8, 4) is 0 Å². The highest BCUT2D eigenvalue weighted by Crippen LogP contribution is 2.11. The van der Waals surface area contributed by atoms with Crippen LogP contribution in [0.2, 0.25) is 0 Å². The predicted octanol–water partition coefficient (Wildman–Crippen LogP) is 2.73. The summed E-state index contributed by atoms with van der Waals surface area (Å²) >= 11 is 0. The molecular weight excluding hydrogens is 322 g/mol. The minimum Gasteiger partial charge on any atom is -0.465 e. The summed E-state index contributed by atoms with van der Waals surface area (Å²) in [5, 5.41) is 6.71. The van der Waals surface area contributed by atoms with Crippen molar-refractivity contribution in [2.45, 2.75) is 40.5 Å². The maximum atomic E-state index is 12.1. The van der Waals surface area contributed by atoms with Crippen molar-refractivity contribution in [2.75, 3.05) is 11.9 Å². The average Bonchev–Trinajstić information content (AvgIpc) is 2.61. The lowest BCUT2D eigenvalue weighted by molar-refractivity contribution is -0.145. The number of anilines is 1. The van der Waals surface area contributed by atoms with Gasteiger partial charge in [-0.15, -0.1) is 0 Å². The average molecular weight is 347 g/mol. The van der Waals surface area contributed by atoms with Gasteiger partial charge in [-0.3, -0.25) is 14.4 Å². The van der Waals surface area contributed by atoms with E-state index in [9.17, 15) is 14.4 Å². The molecule has 0 aliphatic rings. The third-order valence-corrected chi connectivity index (χ3v) is 3.57. The molecule has 0 heterocycles. The standard InChI is InChI=1S/C18H25N3O4/c1-5-15(18(24)25-7-3)12(4)20-21-17(23)13-8-10-14(11-9-13)19-16(22)6-2/h8-11,15H,5-7H2,1-4H3,(H,19,22)(H,21,23). The molecule has 1 aromatic rings. The molecule has 2 amide bonds. The van der Waals surface area contributed by atoms with E-state index in [4.69, 9.17) is 4.74 Å². The van der Waals surface area contributed by atoms with Gasteiger partial charge in [0.2, 0.25) is 5.91 Å². The van der Waals surface area contributed by atoms with Gasteiger partial charge in [-0.05, 0) is 44.5 Å². The van der Waals surface area contributed by atoms with Crippen LogP contribution >= 0.6 is 0 Å². The molecule has 136 valence electrons. The van der Waals surface area contributed by atoms with Gasteiger partial charge >= 0.3 is 5.97 Å². The number of hydrazone groups is 1. The van der Waals surface area contributed by atoms with E-state index in [1.807, 2.05) is 6.92 Å². The molecule has 0 saturated carbocycles. The van der Waals surface area contributed by atoms with Crippen molar-refractivity contribution in [1.29, 1.82) is 0 Å². The minimum atomic E-state index is -0.480. The Morgan fingerprint density at radius 2 is 1.76 bits per heavy atom. The zero-order chi connectivity index (χ0) is 18.8. The fraction of sp³-hybridized carbons (Fsp3) is 0.444. The molecule has 0 radical (unpaired) electrons. The van der Waals surface area contributed by atoms with E-state index in [0.717, 1.165) is 0 Å². The normalized spacial score (nSPS) is 12.2. The number of amides is 2. The number of hydrogen-bond donors (Lipinski definition) is 2. The highest BCUT2D eigenvalue weighted by molar-refractivity contribution is 6.02. The van der Waals surface area contributed by atoms with Gasteiger partial charge in [-0.1, -0.05) is 13.8 Å². The molecule has 1 atom stereocenters. The molecule has 0 aromatic heterocycles. The van der Waals surface area contributed by atoms with Crippen LogP contribution in [0.3, 0.4) is 0 Å². The van der Waals surface area contributed by atoms with Crippen molar-refractivity contribution >= 4 is 29.2 Å². The second kappa shape index (κ2) is 10.2. The summed E-state index contributed by atoms with van der Waals surface area (Å²) < 4.78 is 4.99. The summed E-state index contributed by atoms with van der Waals surface area (Å²) in [5.41, 5.74) is 3.94. The van der Waals surface area contributed by atoms with E-state index in [0.29, 0.717) is 36.4 Å². The topological polar surface area (TPSA) is 96.9 Å². The quantitative estimate of drug-likeness (QED) is 0.429. The summed E-state index contributed by atoms with van der Waals surface area (Å²) in [6.45, 7) is 7.33. The van der Waals surface area contributed by atoms with E-state index < -0.39 is 11.8 Å². The lowest BCUT2D eigenvalue weighted by Gasteiger charge is -2.13. The maximum Gasteiger partial charge on any atom is 0.314 e. The van der Waals surface area contributed by atoms with E-state index in [2.05, 4.69) is 15.8 Å². The zero-order valence-electron chi connectivity index (χ0n) is 15.1. The number of nitrogens with one attached hydrogen (secondary N) is 2. The highest BCUT2D eigenvalue weighted by Gasteiger charge is 2.21. The van der Waals surface area contributed by atoms with Crippen LogP contribution in [0.1, 0.15) is 50.9 Å². The molecule has 0 spiro atoms. The molecule has 1 unspecified atom stereocenters. The number of nitrogens with zero attached hydrogens (tertiary/aromatic N) is 1. The van der Waals surface area contributed by atoms with Crippen LogP contribution in [-0.2, 0) is 14.3 Å². The Kier molecular flexibility index (Phi) is 8.32. The number of ether oxygens (including phenoxy) is 1. The smallest absolute Gasteiger partial charge is 0.314 e. The Labute approximate surface area is 147 Å². The molecular formula is C18H25N3O4. The number of carbonyl (C=O) groups is 3. The first-order chi connectivity index (χ1) is 11.9. The van der Waals surface area contributed by atoms with Crippen LogP contribution in [0, 0.1) is 5.92 Å². The first kappa shape index (κ1) is 20.3. The largest absolute Gasteiger partial charge is 0.465 e. The van der Waals surface area contributed by atoms with Crippen LogP contribution in [-0.4, -0.2) is 30.1 Å². The number of hydrogen-bond acceptors (Lipinski definition) is 5. The number of carbonyl (C=O) groups excluding carboxylic acids is 3. The van der Waals surface area contributed by atoms with Crippen molar-refractivity contribution in [2.24, 2.45) is 11.0 Å². The van der Waals surface area contributed by atoms with E-state index >= 15 is 0 Å². The molecule has 7 nitrogen and oxygen atoms in total. The SMILES string of the molecule is CCOC(=O)C(CC)C(C)=NNC(=O)c1ccc(NC(=O)CC)cc1.